The second-order valence-electron chi connectivity index (χ2n) is 5.69. The molecule has 0 radical (unpaired) electrons. The largest absolute Gasteiger partial charge is 0.509 e. The number of nitrogens with one attached hydrogen (secondary N) is 1. The van der Waals surface area contributed by atoms with Crippen LogP contribution in [-0.2, 0) is 14.3 Å². The molecule has 6 heteroatoms. The Hall–Kier alpha value is -1.30. The van der Waals surface area contributed by atoms with Crippen molar-refractivity contribution in [2.45, 2.75) is 31.3 Å². The van der Waals surface area contributed by atoms with Crippen LogP contribution in [0, 0.1) is 5.92 Å². The summed E-state index contributed by atoms with van der Waals surface area (Å²) in [5.74, 6) is 0.359. The van der Waals surface area contributed by atoms with Crippen LogP contribution in [0.1, 0.15) is 25.7 Å². The maximum Gasteiger partial charge on any atom is 0.509 e. The molecule has 1 N–H and O–H groups in total. The van der Waals surface area contributed by atoms with E-state index in [4.69, 9.17) is 9.47 Å². The molecular formula is C13H20N2O4. The molecule has 3 fully saturated rings. The van der Waals surface area contributed by atoms with Gasteiger partial charge in [-0.05, 0) is 19.4 Å². The minimum Gasteiger partial charge on any atom is -0.430 e. The van der Waals surface area contributed by atoms with Gasteiger partial charge in [0.15, 0.2) is 5.60 Å². The summed E-state index contributed by atoms with van der Waals surface area (Å²) in [7, 11) is 0. The second kappa shape index (κ2) is 5.00. The van der Waals surface area contributed by atoms with E-state index in [0.717, 1.165) is 25.9 Å². The molecule has 0 aromatic rings. The summed E-state index contributed by atoms with van der Waals surface area (Å²) in [5, 5.41) is 3.27. The van der Waals surface area contributed by atoms with Gasteiger partial charge in [-0.2, -0.15) is 0 Å². The number of carbonyl (C=O) groups excluding carboxylic acids is 2. The highest BCUT2D eigenvalue weighted by molar-refractivity contribution is 5.79. The Morgan fingerprint density at radius 2 is 2.16 bits per heavy atom. The molecule has 3 aliphatic rings. The van der Waals surface area contributed by atoms with E-state index in [1.54, 1.807) is 0 Å². The number of likely N-dealkylation sites (tertiary alicyclic amines) is 1. The summed E-state index contributed by atoms with van der Waals surface area (Å²) < 4.78 is 10.1. The number of hydrogen-bond donors (Lipinski definition) is 1. The third kappa shape index (κ3) is 2.54. The van der Waals surface area contributed by atoms with Gasteiger partial charge in [0.05, 0.1) is 5.92 Å². The van der Waals surface area contributed by atoms with Crippen molar-refractivity contribution in [1.82, 2.24) is 10.2 Å². The van der Waals surface area contributed by atoms with Crippen LogP contribution in [0.25, 0.3) is 0 Å². The normalized spacial score (nSPS) is 30.0. The number of hydrogen-bond acceptors (Lipinski definition) is 5. The summed E-state index contributed by atoms with van der Waals surface area (Å²) in [6, 6.07) is 0. The Labute approximate surface area is 112 Å². The Morgan fingerprint density at radius 3 is 2.74 bits per heavy atom. The summed E-state index contributed by atoms with van der Waals surface area (Å²) in [4.78, 5) is 25.3. The van der Waals surface area contributed by atoms with Crippen LogP contribution in [0.5, 0.6) is 0 Å². The first-order chi connectivity index (χ1) is 9.19. The maximum atomic E-state index is 12.4. The van der Waals surface area contributed by atoms with Gasteiger partial charge in [-0.25, -0.2) is 4.79 Å². The van der Waals surface area contributed by atoms with Crippen LogP contribution in [-0.4, -0.2) is 55.3 Å². The molecule has 1 spiro atoms. The second-order valence-corrected chi connectivity index (χ2v) is 5.69. The quantitative estimate of drug-likeness (QED) is 0.702. The number of nitrogens with zero attached hydrogens (tertiary/aromatic N) is 1. The van der Waals surface area contributed by atoms with Crippen LogP contribution in [0.4, 0.5) is 4.79 Å². The molecule has 0 aliphatic carbocycles. The zero-order chi connectivity index (χ0) is 13.3. The van der Waals surface area contributed by atoms with Gasteiger partial charge in [-0.1, -0.05) is 0 Å². The van der Waals surface area contributed by atoms with Gasteiger partial charge in [0, 0.05) is 32.5 Å². The van der Waals surface area contributed by atoms with Crippen molar-refractivity contribution in [2.75, 3.05) is 32.8 Å². The topological polar surface area (TPSA) is 67.9 Å². The average molecular weight is 268 g/mol. The Balaban J connectivity index is 1.54. The van der Waals surface area contributed by atoms with E-state index in [1.807, 2.05) is 4.90 Å². The van der Waals surface area contributed by atoms with Crippen LogP contribution in [0.3, 0.4) is 0 Å². The first-order valence-corrected chi connectivity index (χ1v) is 7.04. The first kappa shape index (κ1) is 12.7. The van der Waals surface area contributed by atoms with Gasteiger partial charge >= 0.3 is 6.16 Å². The monoisotopic (exact) mass is 268 g/mol. The minimum atomic E-state index is -0.573. The number of rotatable bonds is 1. The number of amides is 1. The number of piperidine rings is 2. The third-order valence-electron chi connectivity index (χ3n) is 4.39. The van der Waals surface area contributed by atoms with Gasteiger partial charge in [-0.3, -0.25) is 4.79 Å². The van der Waals surface area contributed by atoms with Gasteiger partial charge in [-0.15, -0.1) is 0 Å². The van der Waals surface area contributed by atoms with Crippen molar-refractivity contribution < 1.29 is 19.1 Å². The standard InChI is InChI=1S/C13H20N2O4/c16-11(10-2-1-5-14-8-10)15-6-3-13(4-7-15)9-18-12(17)19-13/h10,14H,1-9H2/t10-/m1/s1. The SMILES string of the molecule is O=C1OCC2(CCN(C(=O)[C@@H]3CCCNC3)CC2)O1. The molecule has 3 rings (SSSR count). The zero-order valence-corrected chi connectivity index (χ0v) is 11.0. The van der Waals surface area contributed by atoms with Crippen molar-refractivity contribution in [3.05, 3.63) is 0 Å². The molecule has 0 aromatic carbocycles. The smallest absolute Gasteiger partial charge is 0.430 e. The molecule has 0 saturated carbocycles. The lowest BCUT2D eigenvalue weighted by atomic mass is 9.90. The highest BCUT2D eigenvalue weighted by atomic mass is 16.8. The number of carbonyl (C=O) groups is 2. The fraction of sp³-hybridized carbons (Fsp3) is 0.846. The lowest BCUT2D eigenvalue weighted by Crippen LogP contribution is -2.51. The van der Waals surface area contributed by atoms with E-state index in [0.29, 0.717) is 32.5 Å². The van der Waals surface area contributed by atoms with Crippen LogP contribution >= 0.6 is 0 Å². The molecule has 1 atom stereocenters. The summed E-state index contributed by atoms with van der Waals surface area (Å²) in [6.45, 7) is 3.45. The molecule has 106 valence electrons. The highest BCUT2D eigenvalue weighted by Gasteiger charge is 2.45. The van der Waals surface area contributed by atoms with E-state index in [9.17, 15) is 9.59 Å². The van der Waals surface area contributed by atoms with Crippen LogP contribution < -0.4 is 5.32 Å². The van der Waals surface area contributed by atoms with E-state index in [2.05, 4.69) is 5.32 Å². The van der Waals surface area contributed by atoms with Crippen molar-refractivity contribution in [1.29, 1.82) is 0 Å². The van der Waals surface area contributed by atoms with Crippen molar-refractivity contribution in [3.8, 4) is 0 Å². The van der Waals surface area contributed by atoms with E-state index in [1.165, 1.54) is 0 Å². The third-order valence-corrected chi connectivity index (χ3v) is 4.39. The average Bonchev–Trinajstić information content (AvgIpc) is 2.81. The predicted molar refractivity (Wildman–Crippen MR) is 66.6 cm³/mol. The molecule has 3 heterocycles. The number of ether oxygens (including phenoxy) is 2. The zero-order valence-electron chi connectivity index (χ0n) is 11.0. The van der Waals surface area contributed by atoms with Crippen LogP contribution in [0.2, 0.25) is 0 Å². The molecule has 6 nitrogen and oxygen atoms in total. The Morgan fingerprint density at radius 1 is 1.37 bits per heavy atom. The number of cyclic esters (lactones) is 1. The van der Waals surface area contributed by atoms with E-state index < -0.39 is 11.8 Å². The van der Waals surface area contributed by atoms with Gasteiger partial charge in [0.2, 0.25) is 5.91 Å². The fourth-order valence-electron chi connectivity index (χ4n) is 3.13. The van der Waals surface area contributed by atoms with Crippen molar-refractivity contribution in [3.63, 3.8) is 0 Å². The minimum absolute atomic E-state index is 0.116. The predicted octanol–water partition coefficient (Wildman–Crippen LogP) is 0.514. The van der Waals surface area contributed by atoms with Gasteiger partial charge in [0.1, 0.15) is 6.61 Å². The maximum absolute atomic E-state index is 12.4. The fourth-order valence-corrected chi connectivity index (χ4v) is 3.13. The van der Waals surface area contributed by atoms with Crippen molar-refractivity contribution >= 4 is 12.1 Å². The molecule has 19 heavy (non-hydrogen) atoms. The Bertz CT molecular complexity index is 371. The van der Waals surface area contributed by atoms with Crippen LogP contribution in [0.15, 0.2) is 0 Å². The highest BCUT2D eigenvalue weighted by Crippen LogP contribution is 2.32. The molecular weight excluding hydrogens is 248 g/mol. The molecule has 0 unspecified atom stereocenters. The van der Waals surface area contributed by atoms with E-state index >= 15 is 0 Å². The summed E-state index contributed by atoms with van der Waals surface area (Å²) in [6.07, 6.45) is 2.84. The lowest BCUT2D eigenvalue weighted by molar-refractivity contribution is -0.139. The summed E-state index contributed by atoms with van der Waals surface area (Å²) in [5.41, 5.74) is -0.474. The first-order valence-electron chi connectivity index (χ1n) is 7.04. The molecule has 3 saturated heterocycles. The van der Waals surface area contributed by atoms with Gasteiger partial charge < -0.3 is 19.7 Å². The molecule has 3 aliphatic heterocycles. The molecule has 0 bridgehead atoms. The van der Waals surface area contributed by atoms with Crippen molar-refractivity contribution in [2.24, 2.45) is 5.92 Å². The summed E-state index contributed by atoms with van der Waals surface area (Å²) >= 11 is 0. The lowest BCUT2D eigenvalue weighted by Gasteiger charge is -2.38. The molecule has 0 aromatic heterocycles. The van der Waals surface area contributed by atoms with E-state index in [-0.39, 0.29) is 11.8 Å². The van der Waals surface area contributed by atoms with Gasteiger partial charge in [0.25, 0.3) is 0 Å². The molecule has 1 amide bonds. The Kier molecular flexibility index (Phi) is 3.35.